The van der Waals surface area contributed by atoms with E-state index in [1.807, 2.05) is 0 Å². The molecule has 0 spiro atoms. The van der Waals surface area contributed by atoms with E-state index in [4.69, 9.17) is 0 Å². The van der Waals surface area contributed by atoms with Gasteiger partial charge in [0.05, 0.1) is 0 Å². The van der Waals surface area contributed by atoms with Crippen LogP contribution in [-0.4, -0.2) is 22.0 Å². The van der Waals surface area contributed by atoms with Crippen molar-refractivity contribution in [3.05, 3.63) is 77.1 Å². The van der Waals surface area contributed by atoms with Crippen LogP contribution in [0.15, 0.2) is 60.2 Å². The lowest BCUT2D eigenvalue weighted by Gasteiger charge is -2.34. The Morgan fingerprint density at radius 1 is 1.04 bits per heavy atom. The minimum absolute atomic E-state index is 0.619. The van der Waals surface area contributed by atoms with Gasteiger partial charge < -0.3 is 0 Å². The molecule has 118 valence electrons. The van der Waals surface area contributed by atoms with Crippen LogP contribution in [0.1, 0.15) is 36.2 Å². The Morgan fingerprint density at radius 3 is 2.70 bits per heavy atom. The van der Waals surface area contributed by atoms with E-state index < -0.39 is 0 Å². The molecule has 3 heterocycles. The van der Waals surface area contributed by atoms with Crippen LogP contribution in [0, 0.1) is 6.92 Å². The van der Waals surface area contributed by atoms with Crippen LogP contribution in [0.4, 0.5) is 0 Å². The molecule has 0 radical (unpaired) electrons. The number of aromatic nitrogens is 1. The van der Waals surface area contributed by atoms with E-state index in [0.29, 0.717) is 12.1 Å². The first kappa shape index (κ1) is 14.6. The monoisotopic (exact) mass is 304 g/mol. The number of hydrogen-bond donors (Lipinski definition) is 0. The third-order valence-electron chi connectivity index (χ3n) is 5.18. The van der Waals surface area contributed by atoms with Crippen molar-refractivity contribution in [2.45, 2.75) is 51.2 Å². The lowest BCUT2D eigenvalue weighted by atomic mass is 9.96. The number of fused-ring (bicyclic) bond motifs is 2. The van der Waals surface area contributed by atoms with Crippen molar-refractivity contribution in [3.8, 4) is 0 Å². The first-order valence-corrected chi connectivity index (χ1v) is 8.70. The second kappa shape index (κ2) is 6.29. The van der Waals surface area contributed by atoms with Gasteiger partial charge in [-0.05, 0) is 43.9 Å². The predicted molar refractivity (Wildman–Crippen MR) is 94.2 cm³/mol. The van der Waals surface area contributed by atoms with Crippen molar-refractivity contribution < 1.29 is 0 Å². The largest absolute Gasteiger partial charge is 0.289 e. The molecule has 2 atom stereocenters. The highest BCUT2D eigenvalue weighted by molar-refractivity contribution is 5.25. The summed E-state index contributed by atoms with van der Waals surface area (Å²) in [5.41, 5.74) is 5.35. The molecule has 2 bridgehead atoms. The zero-order valence-electron chi connectivity index (χ0n) is 13.8. The fourth-order valence-corrected chi connectivity index (χ4v) is 4.11. The molecular weight excluding hydrogens is 280 g/mol. The van der Waals surface area contributed by atoms with Gasteiger partial charge in [0.2, 0.25) is 0 Å². The Balaban J connectivity index is 1.48. The summed E-state index contributed by atoms with van der Waals surface area (Å²) in [6, 6.07) is 18.6. The first-order valence-electron chi connectivity index (χ1n) is 8.70. The lowest BCUT2D eigenvalue weighted by molar-refractivity contribution is 0.194. The summed E-state index contributed by atoms with van der Waals surface area (Å²) in [5, 5.41) is 0. The molecule has 0 saturated carbocycles. The number of pyridine rings is 1. The third kappa shape index (κ3) is 3.23. The van der Waals surface area contributed by atoms with Crippen molar-refractivity contribution in [1.82, 2.24) is 9.88 Å². The Kier molecular flexibility index (Phi) is 4.00. The number of hydrogen-bond acceptors (Lipinski definition) is 2. The smallest absolute Gasteiger partial charge is 0.0447 e. The molecule has 2 aromatic rings. The molecule has 1 aromatic carbocycles. The van der Waals surface area contributed by atoms with E-state index >= 15 is 0 Å². The number of benzene rings is 1. The molecule has 0 amide bonds. The maximum atomic E-state index is 4.67. The summed E-state index contributed by atoms with van der Waals surface area (Å²) in [6.45, 7) is 3.16. The molecule has 2 aliphatic heterocycles. The molecule has 0 N–H and O–H groups in total. The van der Waals surface area contributed by atoms with Crippen molar-refractivity contribution in [2.24, 2.45) is 0 Å². The lowest BCUT2D eigenvalue weighted by Crippen LogP contribution is -2.38. The van der Waals surface area contributed by atoms with Gasteiger partial charge in [-0.3, -0.25) is 9.88 Å². The van der Waals surface area contributed by atoms with Gasteiger partial charge in [-0.25, -0.2) is 0 Å². The van der Waals surface area contributed by atoms with Crippen LogP contribution < -0.4 is 0 Å². The molecule has 2 unspecified atom stereocenters. The fourth-order valence-electron chi connectivity index (χ4n) is 4.11. The molecule has 2 aliphatic rings. The second-order valence-corrected chi connectivity index (χ2v) is 6.93. The average Bonchev–Trinajstić information content (AvgIpc) is 2.79. The summed E-state index contributed by atoms with van der Waals surface area (Å²) < 4.78 is 0. The predicted octanol–water partition coefficient (Wildman–Crippen LogP) is 4.30. The highest BCUT2D eigenvalue weighted by Crippen LogP contribution is 2.36. The van der Waals surface area contributed by atoms with Gasteiger partial charge in [0.15, 0.2) is 0 Å². The van der Waals surface area contributed by atoms with Crippen LogP contribution >= 0.6 is 0 Å². The van der Waals surface area contributed by atoms with Crippen LogP contribution in [0.3, 0.4) is 0 Å². The van der Waals surface area contributed by atoms with Crippen molar-refractivity contribution in [2.75, 3.05) is 0 Å². The average molecular weight is 304 g/mol. The van der Waals surface area contributed by atoms with Crippen LogP contribution in [-0.2, 0) is 13.0 Å². The number of aryl methyl sites for hydroxylation is 1. The molecule has 1 saturated heterocycles. The first-order chi connectivity index (χ1) is 11.3. The fraction of sp³-hybridized carbons (Fsp3) is 0.381. The van der Waals surface area contributed by atoms with E-state index in [1.165, 1.54) is 30.5 Å². The Labute approximate surface area is 138 Å². The highest BCUT2D eigenvalue weighted by Gasteiger charge is 2.36. The van der Waals surface area contributed by atoms with Gasteiger partial charge >= 0.3 is 0 Å². The molecule has 4 rings (SSSR count). The summed E-state index contributed by atoms with van der Waals surface area (Å²) in [6.07, 6.45) is 7.39. The molecule has 2 heteroatoms. The maximum absolute atomic E-state index is 4.67. The molecule has 1 fully saturated rings. The molecule has 2 nitrogen and oxygen atoms in total. The van der Waals surface area contributed by atoms with E-state index in [0.717, 1.165) is 18.7 Å². The minimum atomic E-state index is 0.619. The van der Waals surface area contributed by atoms with Gasteiger partial charge in [-0.15, -0.1) is 0 Å². The van der Waals surface area contributed by atoms with E-state index in [1.54, 1.807) is 5.57 Å². The third-order valence-corrected chi connectivity index (χ3v) is 5.18. The molecule has 23 heavy (non-hydrogen) atoms. The summed E-state index contributed by atoms with van der Waals surface area (Å²) in [4.78, 5) is 7.37. The van der Waals surface area contributed by atoms with Crippen LogP contribution in [0.2, 0.25) is 0 Å². The molecule has 1 aromatic heterocycles. The summed E-state index contributed by atoms with van der Waals surface area (Å²) >= 11 is 0. The second-order valence-electron chi connectivity index (χ2n) is 6.93. The van der Waals surface area contributed by atoms with Crippen LogP contribution in [0.5, 0.6) is 0 Å². The standard InChI is InChI=1S/C21H24N2/c1-16-6-5-9-19(22-16)12-18-13-20-10-11-21(14-18)23(20)15-17-7-3-2-4-8-17/h2-9,13,20-21H,10-12,14-15H2,1H3. The van der Waals surface area contributed by atoms with Crippen molar-refractivity contribution in [1.29, 1.82) is 0 Å². The van der Waals surface area contributed by atoms with E-state index in [9.17, 15) is 0 Å². The van der Waals surface area contributed by atoms with Gasteiger partial charge in [-0.1, -0.05) is 48.0 Å². The number of nitrogens with zero attached hydrogens (tertiary/aromatic N) is 2. The van der Waals surface area contributed by atoms with E-state index in [-0.39, 0.29) is 0 Å². The topological polar surface area (TPSA) is 16.1 Å². The zero-order valence-corrected chi connectivity index (χ0v) is 13.8. The van der Waals surface area contributed by atoms with Gasteiger partial charge in [0.1, 0.15) is 0 Å². The quantitative estimate of drug-likeness (QED) is 0.783. The Morgan fingerprint density at radius 2 is 1.91 bits per heavy atom. The van der Waals surface area contributed by atoms with Gasteiger partial charge in [-0.2, -0.15) is 0 Å². The SMILES string of the molecule is Cc1cccc(CC2=CC3CCC(C2)N3Cc2ccccc2)n1. The molecule has 0 aliphatic carbocycles. The van der Waals surface area contributed by atoms with Crippen molar-refractivity contribution in [3.63, 3.8) is 0 Å². The zero-order chi connectivity index (χ0) is 15.6. The highest BCUT2D eigenvalue weighted by atomic mass is 15.2. The summed E-state index contributed by atoms with van der Waals surface area (Å²) in [7, 11) is 0. The van der Waals surface area contributed by atoms with Gasteiger partial charge in [0, 0.05) is 36.4 Å². The Bertz CT molecular complexity index is 705. The van der Waals surface area contributed by atoms with Crippen LogP contribution in [0.25, 0.3) is 0 Å². The normalized spacial score (nSPS) is 23.8. The van der Waals surface area contributed by atoms with E-state index in [2.05, 4.69) is 71.4 Å². The van der Waals surface area contributed by atoms with Gasteiger partial charge in [0.25, 0.3) is 0 Å². The molecular formula is C21H24N2. The number of rotatable bonds is 4. The Hall–Kier alpha value is -1.93. The van der Waals surface area contributed by atoms with Crippen molar-refractivity contribution >= 4 is 0 Å². The maximum Gasteiger partial charge on any atom is 0.0447 e. The summed E-state index contributed by atoms with van der Waals surface area (Å²) in [5.74, 6) is 0. The minimum Gasteiger partial charge on any atom is -0.289 e.